The van der Waals surface area contributed by atoms with E-state index in [2.05, 4.69) is 15.6 Å². The van der Waals surface area contributed by atoms with Gasteiger partial charge in [-0.2, -0.15) is 4.31 Å². The Labute approximate surface area is 269 Å². The molecule has 0 saturated carbocycles. The molecule has 12 heteroatoms. The van der Waals surface area contributed by atoms with Crippen molar-refractivity contribution >= 4 is 42.6 Å². The number of rotatable bonds is 15. The van der Waals surface area contributed by atoms with Gasteiger partial charge in [0.15, 0.2) is 11.7 Å². The summed E-state index contributed by atoms with van der Waals surface area (Å²) >= 11 is 1.37. The minimum absolute atomic E-state index is 0.0114. The summed E-state index contributed by atoms with van der Waals surface area (Å²) in [5.74, 6) is 0.171. The summed E-state index contributed by atoms with van der Waals surface area (Å²) in [6.45, 7) is 7.76. The second kappa shape index (κ2) is 15.2. The Morgan fingerprint density at radius 3 is 2.36 bits per heavy atom. The smallest absolute Gasteiger partial charge is 0.258 e. The van der Waals surface area contributed by atoms with Gasteiger partial charge in [0.05, 0.1) is 27.3 Å². The number of fused-ring (bicyclic) bond motifs is 1. The van der Waals surface area contributed by atoms with E-state index < -0.39 is 28.1 Å². The van der Waals surface area contributed by atoms with Gasteiger partial charge in [0.1, 0.15) is 5.75 Å². The summed E-state index contributed by atoms with van der Waals surface area (Å²) in [6.07, 6.45) is -0.912. The van der Waals surface area contributed by atoms with E-state index in [-0.39, 0.29) is 30.5 Å². The topological polar surface area (TPSA) is 147 Å². The van der Waals surface area contributed by atoms with Crippen molar-refractivity contribution in [3.63, 3.8) is 0 Å². The molecule has 4 rings (SSSR count). The van der Waals surface area contributed by atoms with Crippen LogP contribution in [0.2, 0.25) is 0 Å². The highest BCUT2D eigenvalue weighted by Gasteiger charge is 2.32. The molecule has 0 aliphatic rings. The van der Waals surface area contributed by atoms with Crippen molar-refractivity contribution in [2.45, 2.75) is 57.7 Å². The first-order chi connectivity index (χ1) is 21.4. The predicted octanol–water partition coefficient (Wildman–Crippen LogP) is 4.23. The fourth-order valence-corrected chi connectivity index (χ4v) is 7.84. The van der Waals surface area contributed by atoms with Gasteiger partial charge in [-0.25, -0.2) is 13.4 Å². The third-order valence-corrected chi connectivity index (χ3v) is 10.2. The Kier molecular flexibility index (Phi) is 11.6. The van der Waals surface area contributed by atoms with Crippen LogP contribution in [-0.4, -0.2) is 67.6 Å². The lowest BCUT2D eigenvalue weighted by atomic mass is 10.0. The molecule has 1 amide bonds. The molecule has 242 valence electrons. The molecule has 1 heterocycles. The van der Waals surface area contributed by atoms with Gasteiger partial charge in [0.2, 0.25) is 10.0 Å². The lowest BCUT2D eigenvalue weighted by Gasteiger charge is -2.30. The summed E-state index contributed by atoms with van der Waals surface area (Å²) in [4.78, 5) is 17.8. The van der Waals surface area contributed by atoms with E-state index in [4.69, 9.17) is 10.5 Å². The molecule has 0 unspecified atom stereocenters. The van der Waals surface area contributed by atoms with Crippen LogP contribution in [0.4, 0.5) is 5.13 Å². The number of nitrogens with two attached hydrogens (primary N) is 1. The molecule has 0 aliphatic heterocycles. The number of aliphatic hydroxyl groups excluding tert-OH is 1. The minimum atomic E-state index is -3.99. The van der Waals surface area contributed by atoms with Crippen molar-refractivity contribution in [3.05, 3.63) is 82.9 Å². The number of aliphatic hydroxyl groups is 1. The van der Waals surface area contributed by atoms with Crippen molar-refractivity contribution in [2.75, 3.05) is 32.1 Å². The highest BCUT2D eigenvalue weighted by atomic mass is 32.2. The number of aromatic nitrogens is 1. The zero-order chi connectivity index (χ0) is 32.7. The maximum Gasteiger partial charge on any atom is 0.258 e. The van der Waals surface area contributed by atoms with E-state index in [1.54, 1.807) is 25.2 Å². The molecule has 0 aliphatic carbocycles. The van der Waals surface area contributed by atoms with E-state index in [9.17, 15) is 18.3 Å². The number of nitrogens with one attached hydrogen (secondary N) is 2. The van der Waals surface area contributed by atoms with Gasteiger partial charge in [-0.1, -0.05) is 67.6 Å². The number of anilines is 1. The van der Waals surface area contributed by atoms with Crippen LogP contribution in [0.3, 0.4) is 0 Å². The maximum atomic E-state index is 14.0. The SMILES string of the molecule is CNc1nc2ccc(S(=O)(=O)N(CC(C)C)C[C@@H](O)[C@H](Cc3ccccc3)NC(=O)COc3c(C)cc(CN)cc3C)cc2s1. The Balaban J connectivity index is 1.55. The predicted molar refractivity (Wildman–Crippen MR) is 180 cm³/mol. The number of aryl methyl sites for hydroxylation is 2. The number of nitrogens with zero attached hydrogens (tertiary/aromatic N) is 2. The van der Waals surface area contributed by atoms with Gasteiger partial charge in [-0.3, -0.25) is 4.79 Å². The van der Waals surface area contributed by atoms with Crippen LogP contribution in [0.5, 0.6) is 5.75 Å². The van der Waals surface area contributed by atoms with Crippen LogP contribution in [0.1, 0.15) is 36.1 Å². The van der Waals surface area contributed by atoms with Crippen LogP contribution < -0.4 is 21.1 Å². The first kappa shape index (κ1) is 34.3. The van der Waals surface area contributed by atoms with Crippen LogP contribution >= 0.6 is 11.3 Å². The quantitative estimate of drug-likeness (QED) is 0.149. The molecule has 2 atom stereocenters. The van der Waals surface area contributed by atoms with Crippen LogP contribution in [0, 0.1) is 19.8 Å². The summed E-state index contributed by atoms with van der Waals surface area (Å²) in [7, 11) is -2.23. The molecule has 45 heavy (non-hydrogen) atoms. The molecule has 0 radical (unpaired) electrons. The molecule has 10 nitrogen and oxygen atoms in total. The number of amides is 1. The lowest BCUT2D eigenvalue weighted by molar-refractivity contribution is -0.124. The number of carbonyl (C=O) groups excluding carboxylic acids is 1. The highest BCUT2D eigenvalue weighted by Crippen LogP contribution is 2.29. The Hall–Kier alpha value is -3.55. The third kappa shape index (κ3) is 8.80. The fraction of sp³-hybridized carbons (Fsp3) is 0.394. The van der Waals surface area contributed by atoms with Crippen molar-refractivity contribution in [1.82, 2.24) is 14.6 Å². The third-order valence-electron chi connectivity index (χ3n) is 7.38. The number of benzene rings is 3. The van der Waals surface area contributed by atoms with Crippen LogP contribution in [0.25, 0.3) is 10.2 Å². The van der Waals surface area contributed by atoms with Gasteiger partial charge in [-0.05, 0) is 66.6 Å². The average Bonchev–Trinajstić information content (AvgIpc) is 3.43. The monoisotopic (exact) mass is 653 g/mol. The minimum Gasteiger partial charge on any atom is -0.483 e. The van der Waals surface area contributed by atoms with E-state index in [0.717, 1.165) is 27.0 Å². The number of sulfonamides is 1. The summed E-state index contributed by atoms with van der Waals surface area (Å²) < 4.78 is 35.9. The second-order valence-corrected chi connectivity index (χ2v) is 14.6. The number of thiazole rings is 1. The summed E-state index contributed by atoms with van der Waals surface area (Å²) in [6, 6.07) is 17.4. The normalized spacial score (nSPS) is 13.3. The highest BCUT2D eigenvalue weighted by molar-refractivity contribution is 7.89. The molecular weight excluding hydrogens is 611 g/mol. The Bertz CT molecular complexity index is 1690. The first-order valence-corrected chi connectivity index (χ1v) is 17.2. The van der Waals surface area contributed by atoms with E-state index in [1.165, 1.54) is 15.6 Å². The molecule has 5 N–H and O–H groups in total. The van der Waals surface area contributed by atoms with Crippen molar-refractivity contribution in [3.8, 4) is 5.75 Å². The van der Waals surface area contributed by atoms with Crippen LogP contribution in [-0.2, 0) is 27.8 Å². The number of hydrogen-bond acceptors (Lipinski definition) is 9. The first-order valence-electron chi connectivity index (χ1n) is 14.9. The zero-order valence-corrected chi connectivity index (χ0v) is 28.0. The summed E-state index contributed by atoms with van der Waals surface area (Å²) in [5, 5.41) is 18.2. The maximum absolute atomic E-state index is 14.0. The Morgan fingerprint density at radius 2 is 1.73 bits per heavy atom. The van der Waals surface area contributed by atoms with Crippen molar-refractivity contribution < 1.29 is 23.1 Å². The average molecular weight is 654 g/mol. The van der Waals surface area contributed by atoms with Gasteiger partial charge >= 0.3 is 0 Å². The molecular formula is C33H43N5O5S2. The van der Waals surface area contributed by atoms with E-state index in [0.29, 0.717) is 29.4 Å². The Morgan fingerprint density at radius 1 is 1.04 bits per heavy atom. The number of hydrogen-bond donors (Lipinski definition) is 4. The van der Waals surface area contributed by atoms with Gasteiger partial charge in [-0.15, -0.1) is 0 Å². The molecule has 1 aromatic heterocycles. The molecule has 3 aromatic carbocycles. The van der Waals surface area contributed by atoms with Gasteiger partial charge in [0.25, 0.3) is 5.91 Å². The van der Waals surface area contributed by atoms with Crippen LogP contribution in [0.15, 0.2) is 65.6 Å². The summed E-state index contributed by atoms with van der Waals surface area (Å²) in [5.41, 5.74) is 10.1. The zero-order valence-electron chi connectivity index (χ0n) is 26.4. The standard InChI is InChI=1S/C33H43N5O5S2/c1-21(2)18-38(45(41,42)26-11-12-27-30(16-26)44-33(35-5)37-27)19-29(39)28(15-24-9-7-6-8-10-24)36-31(40)20-43-32-22(3)13-25(17-34)14-23(32)4/h6-14,16,21,28-29,39H,15,17-20,34H2,1-5H3,(H,35,37)(H,36,40)/t28-,29+/m0/s1. The second-order valence-electron chi connectivity index (χ2n) is 11.6. The van der Waals surface area contributed by atoms with Gasteiger partial charge < -0.3 is 26.2 Å². The van der Waals surface area contributed by atoms with E-state index in [1.807, 2.05) is 70.2 Å². The molecule has 0 saturated heterocycles. The van der Waals surface area contributed by atoms with Gasteiger partial charge in [0, 0.05) is 26.7 Å². The molecule has 4 aromatic rings. The lowest BCUT2D eigenvalue weighted by Crippen LogP contribution is -2.52. The number of ether oxygens (including phenoxy) is 1. The molecule has 0 fully saturated rings. The van der Waals surface area contributed by atoms with Crippen molar-refractivity contribution in [2.24, 2.45) is 11.7 Å². The largest absolute Gasteiger partial charge is 0.483 e. The fourth-order valence-electron chi connectivity index (χ4n) is 5.26. The molecule has 0 bridgehead atoms. The van der Waals surface area contributed by atoms with E-state index >= 15 is 0 Å². The van der Waals surface area contributed by atoms with Crippen molar-refractivity contribution in [1.29, 1.82) is 0 Å². The molecule has 0 spiro atoms. The number of carbonyl (C=O) groups is 1.